The van der Waals surface area contributed by atoms with E-state index in [4.69, 9.17) is 4.74 Å². The van der Waals surface area contributed by atoms with Crippen molar-refractivity contribution in [2.45, 2.75) is 26.5 Å². The summed E-state index contributed by atoms with van der Waals surface area (Å²) in [6, 6.07) is 6.99. The van der Waals surface area contributed by atoms with E-state index in [-0.39, 0.29) is 0 Å². The zero-order valence-electron chi connectivity index (χ0n) is 11.2. The molecular formula is C14H21NO3. The molecule has 1 aromatic rings. The summed E-state index contributed by atoms with van der Waals surface area (Å²) in [4.78, 5) is 13.4. The van der Waals surface area contributed by atoms with Crippen LogP contribution in [0.1, 0.15) is 31.0 Å². The summed E-state index contributed by atoms with van der Waals surface area (Å²) < 4.78 is 5.08. The van der Waals surface area contributed by atoms with Gasteiger partial charge in [0.15, 0.2) is 0 Å². The van der Waals surface area contributed by atoms with Crippen LogP contribution in [0.2, 0.25) is 0 Å². The molecule has 18 heavy (non-hydrogen) atoms. The summed E-state index contributed by atoms with van der Waals surface area (Å²) in [5.41, 5.74) is 1.80. The second-order valence-corrected chi connectivity index (χ2v) is 4.14. The van der Waals surface area contributed by atoms with Crippen molar-refractivity contribution in [2.75, 3.05) is 20.2 Å². The van der Waals surface area contributed by atoms with Crippen molar-refractivity contribution >= 4 is 5.97 Å². The Labute approximate surface area is 108 Å². The summed E-state index contributed by atoms with van der Waals surface area (Å²) >= 11 is 0. The minimum Gasteiger partial charge on any atom is -0.480 e. The highest BCUT2D eigenvalue weighted by atomic mass is 16.5. The zero-order valence-corrected chi connectivity index (χ0v) is 11.2. The third-order valence-corrected chi connectivity index (χ3v) is 2.99. The summed E-state index contributed by atoms with van der Waals surface area (Å²) in [5.74, 6) is -0.812. The Bertz CT molecular complexity index is 388. The van der Waals surface area contributed by atoms with Gasteiger partial charge < -0.3 is 9.84 Å². The number of ether oxygens (including phenoxy) is 1. The minimum atomic E-state index is -0.812. The van der Waals surface area contributed by atoms with Crippen LogP contribution in [-0.4, -0.2) is 36.2 Å². The molecule has 0 aliphatic rings. The molecule has 0 fully saturated rings. The number of hydrogen-bond donors (Lipinski definition) is 1. The normalized spacial score (nSPS) is 12.7. The van der Waals surface area contributed by atoms with Crippen molar-refractivity contribution in [3.63, 3.8) is 0 Å². The number of rotatable bonds is 7. The lowest BCUT2D eigenvalue weighted by molar-refractivity contribution is -0.143. The van der Waals surface area contributed by atoms with Gasteiger partial charge in [0.2, 0.25) is 0 Å². The molecule has 0 amide bonds. The van der Waals surface area contributed by atoms with Gasteiger partial charge in [0, 0.05) is 7.11 Å². The fourth-order valence-corrected chi connectivity index (χ4v) is 2.12. The molecule has 0 aromatic heterocycles. The summed E-state index contributed by atoms with van der Waals surface area (Å²) in [5, 5.41) is 9.41. The van der Waals surface area contributed by atoms with Gasteiger partial charge in [-0.15, -0.1) is 0 Å². The Hall–Kier alpha value is -1.39. The van der Waals surface area contributed by atoms with Gasteiger partial charge in [-0.2, -0.15) is 0 Å². The molecule has 1 N–H and O–H groups in total. The quantitative estimate of drug-likeness (QED) is 0.808. The van der Waals surface area contributed by atoms with E-state index in [1.165, 1.54) is 0 Å². The first-order valence-electron chi connectivity index (χ1n) is 6.18. The number of hydrogen-bond acceptors (Lipinski definition) is 3. The van der Waals surface area contributed by atoms with Gasteiger partial charge in [-0.1, -0.05) is 38.1 Å². The lowest BCUT2D eigenvalue weighted by Gasteiger charge is -2.26. The van der Waals surface area contributed by atoms with Crippen LogP contribution in [-0.2, 0) is 16.1 Å². The molecule has 0 aliphatic carbocycles. The number of carboxylic acids is 1. The SMILES string of the molecule is CCN(CC)C(C(=O)O)c1cccc(COC)c1. The highest BCUT2D eigenvalue weighted by Crippen LogP contribution is 2.22. The Balaban J connectivity index is 3.05. The van der Waals surface area contributed by atoms with Crippen molar-refractivity contribution in [1.29, 1.82) is 0 Å². The number of benzene rings is 1. The monoisotopic (exact) mass is 251 g/mol. The maximum absolute atomic E-state index is 11.5. The number of carboxylic acid groups (broad SMARTS) is 1. The van der Waals surface area contributed by atoms with E-state index in [0.717, 1.165) is 11.1 Å². The van der Waals surface area contributed by atoms with Crippen molar-refractivity contribution in [3.05, 3.63) is 35.4 Å². The van der Waals surface area contributed by atoms with Crippen LogP contribution in [0.25, 0.3) is 0 Å². The summed E-state index contributed by atoms with van der Waals surface area (Å²) in [6.45, 7) is 5.86. The third-order valence-electron chi connectivity index (χ3n) is 2.99. The maximum Gasteiger partial charge on any atom is 0.325 e. The first-order chi connectivity index (χ1) is 8.63. The number of methoxy groups -OCH3 is 1. The standard InChI is InChI=1S/C14H21NO3/c1-4-15(5-2)13(14(16)17)12-8-6-7-11(9-12)10-18-3/h6-9,13H,4-5,10H2,1-3H3,(H,16,17). The molecule has 4 nitrogen and oxygen atoms in total. The third kappa shape index (κ3) is 3.55. The fourth-order valence-electron chi connectivity index (χ4n) is 2.12. The first kappa shape index (κ1) is 14.7. The number of likely N-dealkylation sites (N-methyl/N-ethyl adjacent to an activating group) is 1. The molecule has 0 spiro atoms. The molecule has 0 aliphatic heterocycles. The smallest absolute Gasteiger partial charge is 0.325 e. The van der Waals surface area contributed by atoms with Gasteiger partial charge in [0.25, 0.3) is 0 Å². The van der Waals surface area contributed by atoms with Crippen molar-refractivity contribution in [3.8, 4) is 0 Å². The molecule has 0 saturated carbocycles. The van der Waals surface area contributed by atoms with Gasteiger partial charge in [-0.3, -0.25) is 9.69 Å². The van der Waals surface area contributed by atoms with E-state index in [2.05, 4.69) is 0 Å². The Morgan fingerprint density at radius 3 is 2.56 bits per heavy atom. The van der Waals surface area contributed by atoms with Crippen LogP contribution in [0, 0.1) is 0 Å². The van der Waals surface area contributed by atoms with Crippen molar-refractivity contribution in [1.82, 2.24) is 4.90 Å². The second-order valence-electron chi connectivity index (χ2n) is 4.14. The predicted molar refractivity (Wildman–Crippen MR) is 70.5 cm³/mol. The topological polar surface area (TPSA) is 49.8 Å². The molecular weight excluding hydrogens is 230 g/mol. The largest absolute Gasteiger partial charge is 0.480 e. The highest BCUT2D eigenvalue weighted by Gasteiger charge is 2.25. The number of aliphatic carboxylic acids is 1. The fraction of sp³-hybridized carbons (Fsp3) is 0.500. The van der Waals surface area contributed by atoms with E-state index in [9.17, 15) is 9.90 Å². The van der Waals surface area contributed by atoms with Crippen LogP contribution in [0.3, 0.4) is 0 Å². The zero-order chi connectivity index (χ0) is 13.5. The average molecular weight is 251 g/mol. The van der Waals surface area contributed by atoms with E-state index in [1.54, 1.807) is 7.11 Å². The summed E-state index contributed by atoms with van der Waals surface area (Å²) in [7, 11) is 1.63. The van der Waals surface area contributed by atoms with E-state index < -0.39 is 12.0 Å². The van der Waals surface area contributed by atoms with Crippen LogP contribution in [0.4, 0.5) is 0 Å². The average Bonchev–Trinajstić information content (AvgIpc) is 2.36. The maximum atomic E-state index is 11.5. The van der Waals surface area contributed by atoms with Gasteiger partial charge in [0.05, 0.1) is 6.61 Å². The molecule has 1 unspecified atom stereocenters. The lowest BCUT2D eigenvalue weighted by atomic mass is 10.0. The van der Waals surface area contributed by atoms with Crippen LogP contribution < -0.4 is 0 Å². The van der Waals surface area contributed by atoms with Gasteiger partial charge >= 0.3 is 5.97 Å². The number of nitrogens with zero attached hydrogens (tertiary/aromatic N) is 1. The van der Waals surface area contributed by atoms with Crippen LogP contribution in [0.5, 0.6) is 0 Å². The number of carbonyl (C=O) groups is 1. The molecule has 0 heterocycles. The molecule has 1 atom stereocenters. The van der Waals surface area contributed by atoms with Crippen molar-refractivity contribution < 1.29 is 14.6 Å². The van der Waals surface area contributed by atoms with Crippen LogP contribution in [0.15, 0.2) is 24.3 Å². The molecule has 0 saturated heterocycles. The van der Waals surface area contributed by atoms with E-state index in [0.29, 0.717) is 19.7 Å². The van der Waals surface area contributed by atoms with Crippen molar-refractivity contribution in [2.24, 2.45) is 0 Å². The Morgan fingerprint density at radius 2 is 2.06 bits per heavy atom. The first-order valence-corrected chi connectivity index (χ1v) is 6.18. The highest BCUT2D eigenvalue weighted by molar-refractivity contribution is 5.75. The minimum absolute atomic E-state index is 0.498. The molecule has 0 bridgehead atoms. The van der Waals surface area contributed by atoms with Gasteiger partial charge in [-0.05, 0) is 24.2 Å². The van der Waals surface area contributed by atoms with E-state index >= 15 is 0 Å². The second kappa shape index (κ2) is 7.13. The molecule has 4 heteroatoms. The molecule has 100 valence electrons. The molecule has 0 radical (unpaired) electrons. The Morgan fingerprint density at radius 1 is 1.39 bits per heavy atom. The summed E-state index contributed by atoms with van der Waals surface area (Å²) in [6.07, 6.45) is 0. The lowest BCUT2D eigenvalue weighted by Crippen LogP contribution is -2.33. The predicted octanol–water partition coefficient (Wildman–Crippen LogP) is 2.30. The van der Waals surface area contributed by atoms with Gasteiger partial charge in [-0.25, -0.2) is 0 Å². The molecule has 1 aromatic carbocycles. The van der Waals surface area contributed by atoms with Gasteiger partial charge in [0.1, 0.15) is 6.04 Å². The van der Waals surface area contributed by atoms with E-state index in [1.807, 2.05) is 43.0 Å². The Kier molecular flexibility index (Phi) is 5.82. The molecule has 1 rings (SSSR count). The van der Waals surface area contributed by atoms with Crippen LogP contribution >= 0.6 is 0 Å².